The van der Waals surface area contributed by atoms with E-state index in [1.807, 2.05) is 18.2 Å². The van der Waals surface area contributed by atoms with Gasteiger partial charge in [0.15, 0.2) is 0 Å². The van der Waals surface area contributed by atoms with Crippen LogP contribution in [0, 0.1) is 0 Å². The Morgan fingerprint density at radius 2 is 2.30 bits per heavy atom. The highest BCUT2D eigenvalue weighted by atomic mass is 16.2. The molecule has 0 aliphatic carbocycles. The summed E-state index contributed by atoms with van der Waals surface area (Å²) in [6.45, 7) is 1.94. The van der Waals surface area contributed by atoms with Gasteiger partial charge in [0.1, 0.15) is 12.2 Å². The second-order valence-electron chi connectivity index (χ2n) is 5.01. The second-order valence-corrected chi connectivity index (χ2v) is 5.01. The van der Waals surface area contributed by atoms with Crippen LogP contribution in [0.15, 0.2) is 30.6 Å². The predicted octanol–water partition coefficient (Wildman–Crippen LogP) is 0.650. The number of nitrogens with one attached hydrogen (secondary N) is 2. The first kappa shape index (κ1) is 12.8. The topological polar surface area (TPSA) is 73.9 Å². The van der Waals surface area contributed by atoms with Crippen molar-refractivity contribution >= 4 is 5.91 Å². The quantitative estimate of drug-likeness (QED) is 0.859. The van der Waals surface area contributed by atoms with E-state index in [4.69, 9.17) is 0 Å². The molecule has 0 radical (unpaired) electrons. The van der Waals surface area contributed by atoms with Crippen LogP contribution in [0.25, 0.3) is 0 Å². The molecule has 6 nitrogen and oxygen atoms in total. The number of aromatic amines is 1. The Hall–Kier alpha value is -2.21. The molecule has 0 spiro atoms. The van der Waals surface area contributed by atoms with Crippen LogP contribution < -0.4 is 5.32 Å². The van der Waals surface area contributed by atoms with Crippen molar-refractivity contribution in [1.29, 1.82) is 0 Å². The number of hydrogen-bond acceptors (Lipinski definition) is 4. The molecule has 1 aromatic carbocycles. The Labute approximate surface area is 117 Å². The fourth-order valence-electron chi connectivity index (χ4n) is 2.59. The highest BCUT2D eigenvalue weighted by Gasteiger charge is 2.28. The van der Waals surface area contributed by atoms with Gasteiger partial charge in [-0.2, -0.15) is 5.10 Å². The maximum atomic E-state index is 12.6. The molecule has 6 heteroatoms. The van der Waals surface area contributed by atoms with Gasteiger partial charge in [0.05, 0.1) is 12.5 Å². The Morgan fingerprint density at radius 1 is 1.45 bits per heavy atom. The molecule has 0 fully saturated rings. The third kappa shape index (κ3) is 2.42. The first-order valence-electron chi connectivity index (χ1n) is 6.63. The van der Waals surface area contributed by atoms with Crippen LogP contribution in [0.2, 0.25) is 0 Å². The van der Waals surface area contributed by atoms with Crippen molar-refractivity contribution in [1.82, 2.24) is 25.4 Å². The number of H-pyrrole nitrogens is 1. The molecule has 20 heavy (non-hydrogen) atoms. The summed E-state index contributed by atoms with van der Waals surface area (Å²) in [5.41, 5.74) is 2.32. The number of aromatic nitrogens is 3. The van der Waals surface area contributed by atoms with E-state index in [1.54, 1.807) is 11.9 Å². The van der Waals surface area contributed by atoms with Gasteiger partial charge < -0.3 is 10.2 Å². The standard InChI is InChI=1S/C14H17N5O/c1-19(8-13-16-9-17-18-13)14(20)12-7-15-6-10-4-2-3-5-11(10)12/h2-5,9,12,15H,6-8H2,1H3,(H,16,17,18). The molecule has 0 bridgehead atoms. The van der Waals surface area contributed by atoms with Crippen molar-refractivity contribution in [2.45, 2.75) is 19.0 Å². The molecule has 2 N–H and O–H groups in total. The minimum Gasteiger partial charge on any atom is -0.338 e. The Morgan fingerprint density at radius 3 is 3.10 bits per heavy atom. The van der Waals surface area contributed by atoms with Crippen molar-refractivity contribution in [2.75, 3.05) is 13.6 Å². The van der Waals surface area contributed by atoms with E-state index < -0.39 is 0 Å². The maximum Gasteiger partial charge on any atom is 0.231 e. The van der Waals surface area contributed by atoms with Gasteiger partial charge in [-0.05, 0) is 11.1 Å². The Kier molecular flexibility index (Phi) is 3.47. The number of nitrogens with zero attached hydrogens (tertiary/aromatic N) is 3. The normalized spacial score (nSPS) is 17.6. The highest BCUT2D eigenvalue weighted by molar-refractivity contribution is 5.84. The number of fused-ring (bicyclic) bond motifs is 1. The lowest BCUT2D eigenvalue weighted by atomic mass is 9.90. The van der Waals surface area contributed by atoms with E-state index in [-0.39, 0.29) is 11.8 Å². The van der Waals surface area contributed by atoms with Gasteiger partial charge in [-0.25, -0.2) is 4.98 Å². The monoisotopic (exact) mass is 271 g/mol. The molecular weight excluding hydrogens is 254 g/mol. The zero-order valence-electron chi connectivity index (χ0n) is 11.3. The molecule has 104 valence electrons. The lowest BCUT2D eigenvalue weighted by Crippen LogP contribution is -2.39. The van der Waals surface area contributed by atoms with Gasteiger partial charge in [-0.1, -0.05) is 24.3 Å². The average molecular weight is 271 g/mol. The van der Waals surface area contributed by atoms with E-state index in [9.17, 15) is 4.79 Å². The third-order valence-corrected chi connectivity index (χ3v) is 3.62. The molecule has 3 rings (SSSR count). The summed E-state index contributed by atoms with van der Waals surface area (Å²) in [7, 11) is 1.79. The number of hydrogen-bond donors (Lipinski definition) is 2. The van der Waals surface area contributed by atoms with Crippen molar-refractivity contribution in [2.24, 2.45) is 0 Å². The van der Waals surface area contributed by atoms with Crippen molar-refractivity contribution in [3.8, 4) is 0 Å². The molecular formula is C14H17N5O. The summed E-state index contributed by atoms with van der Waals surface area (Å²) in [6, 6.07) is 8.10. The fourth-order valence-corrected chi connectivity index (χ4v) is 2.59. The third-order valence-electron chi connectivity index (χ3n) is 3.62. The van der Waals surface area contributed by atoms with Gasteiger partial charge in [0.25, 0.3) is 0 Å². The van der Waals surface area contributed by atoms with Gasteiger partial charge in [-0.3, -0.25) is 9.89 Å². The van der Waals surface area contributed by atoms with E-state index in [0.717, 1.165) is 12.1 Å². The van der Waals surface area contributed by atoms with Crippen molar-refractivity contribution in [3.63, 3.8) is 0 Å². The summed E-state index contributed by atoms with van der Waals surface area (Å²) >= 11 is 0. The number of benzene rings is 1. The molecule has 1 aromatic heterocycles. The maximum absolute atomic E-state index is 12.6. The van der Waals surface area contributed by atoms with Crippen LogP contribution in [0.3, 0.4) is 0 Å². The number of likely N-dealkylation sites (N-methyl/N-ethyl adjacent to an activating group) is 1. The number of carbonyl (C=O) groups is 1. The molecule has 1 atom stereocenters. The summed E-state index contributed by atoms with van der Waals surface area (Å²) in [5, 5.41) is 9.87. The minimum absolute atomic E-state index is 0.0982. The molecule has 2 aromatic rings. The zero-order chi connectivity index (χ0) is 13.9. The van der Waals surface area contributed by atoms with Crippen LogP contribution in [-0.2, 0) is 17.9 Å². The van der Waals surface area contributed by atoms with E-state index in [0.29, 0.717) is 18.9 Å². The Balaban J connectivity index is 1.77. The summed E-state index contributed by atoms with van der Waals surface area (Å²) in [5.74, 6) is 0.659. The second kappa shape index (κ2) is 5.42. The predicted molar refractivity (Wildman–Crippen MR) is 73.7 cm³/mol. The highest BCUT2D eigenvalue weighted by Crippen LogP contribution is 2.25. The number of carbonyl (C=O) groups excluding carboxylic acids is 1. The fraction of sp³-hybridized carbons (Fsp3) is 0.357. The van der Waals surface area contributed by atoms with Crippen LogP contribution in [0.1, 0.15) is 22.9 Å². The SMILES string of the molecule is CN(Cc1ncn[nH]1)C(=O)C1CNCc2ccccc21. The van der Waals surface area contributed by atoms with Gasteiger partial charge in [0.2, 0.25) is 5.91 Å². The van der Waals surface area contributed by atoms with Crippen molar-refractivity contribution in [3.05, 3.63) is 47.5 Å². The lowest BCUT2D eigenvalue weighted by molar-refractivity contribution is -0.132. The smallest absolute Gasteiger partial charge is 0.231 e. The summed E-state index contributed by atoms with van der Waals surface area (Å²) < 4.78 is 0. The van der Waals surface area contributed by atoms with Gasteiger partial charge in [0, 0.05) is 20.1 Å². The van der Waals surface area contributed by atoms with E-state index in [2.05, 4.69) is 26.6 Å². The van der Waals surface area contributed by atoms with Crippen LogP contribution in [-0.4, -0.2) is 39.6 Å². The molecule has 1 aliphatic rings. The van der Waals surface area contributed by atoms with Crippen LogP contribution in [0.5, 0.6) is 0 Å². The van der Waals surface area contributed by atoms with E-state index in [1.165, 1.54) is 11.9 Å². The Bertz CT molecular complexity index is 595. The van der Waals surface area contributed by atoms with E-state index >= 15 is 0 Å². The first-order chi connectivity index (χ1) is 9.75. The molecule has 2 heterocycles. The largest absolute Gasteiger partial charge is 0.338 e. The zero-order valence-corrected chi connectivity index (χ0v) is 11.3. The lowest BCUT2D eigenvalue weighted by Gasteiger charge is -2.28. The summed E-state index contributed by atoms with van der Waals surface area (Å²) in [6.07, 6.45) is 1.45. The summed E-state index contributed by atoms with van der Waals surface area (Å²) in [4.78, 5) is 18.4. The molecule has 1 amide bonds. The van der Waals surface area contributed by atoms with Crippen molar-refractivity contribution < 1.29 is 4.79 Å². The van der Waals surface area contributed by atoms with Crippen LogP contribution in [0.4, 0.5) is 0 Å². The minimum atomic E-state index is -0.132. The molecule has 1 aliphatic heterocycles. The molecule has 0 saturated heterocycles. The first-order valence-corrected chi connectivity index (χ1v) is 6.63. The van der Waals surface area contributed by atoms with Crippen LogP contribution >= 0.6 is 0 Å². The van der Waals surface area contributed by atoms with Gasteiger partial charge in [-0.15, -0.1) is 0 Å². The number of amides is 1. The van der Waals surface area contributed by atoms with Gasteiger partial charge >= 0.3 is 0 Å². The molecule has 1 unspecified atom stereocenters. The average Bonchev–Trinajstić information content (AvgIpc) is 2.99. The molecule has 0 saturated carbocycles. The number of rotatable bonds is 3.